The summed E-state index contributed by atoms with van der Waals surface area (Å²) in [6.45, 7) is 7.12. The Balaban J connectivity index is 4.97. The third-order valence-corrected chi connectivity index (χ3v) is 5.53. The van der Waals surface area contributed by atoms with Gasteiger partial charge in [0.2, 0.25) is 5.91 Å². The van der Waals surface area contributed by atoms with Crippen molar-refractivity contribution in [1.29, 1.82) is 0 Å². The molecule has 0 saturated heterocycles. The number of imide groups is 1. The zero-order valence-electron chi connectivity index (χ0n) is 15.2. The highest BCUT2D eigenvalue weighted by atomic mass is 32.2. The van der Waals surface area contributed by atoms with Gasteiger partial charge < -0.3 is 10.6 Å². The average molecular weight is 363 g/mol. The van der Waals surface area contributed by atoms with Gasteiger partial charge in [-0.25, -0.2) is 4.79 Å². The van der Waals surface area contributed by atoms with Gasteiger partial charge >= 0.3 is 6.03 Å². The van der Waals surface area contributed by atoms with Crippen LogP contribution < -0.4 is 10.6 Å². The second-order valence-electron chi connectivity index (χ2n) is 6.55. The zero-order valence-corrected chi connectivity index (χ0v) is 16.0. The lowest BCUT2D eigenvalue weighted by Crippen LogP contribution is -2.61. The lowest BCUT2D eigenvalue weighted by atomic mass is 10.0. The number of carbonyl (C=O) groups is 3. The van der Waals surface area contributed by atoms with Gasteiger partial charge in [0.05, 0.1) is 4.75 Å². The van der Waals surface area contributed by atoms with Crippen LogP contribution >= 0.6 is 0 Å². The van der Waals surface area contributed by atoms with Crippen LogP contribution in [0.5, 0.6) is 0 Å². The lowest BCUT2D eigenvalue weighted by Gasteiger charge is -2.32. The third kappa shape index (κ3) is 6.56. The average Bonchev–Trinajstić information content (AvgIpc) is 2.49. The molecule has 0 fully saturated rings. The molecule has 0 spiro atoms. The van der Waals surface area contributed by atoms with E-state index in [-0.39, 0.29) is 11.5 Å². The fraction of sp³-hybridized carbons (Fsp3) is 0.800. The molecule has 0 bridgehead atoms. The quantitative estimate of drug-likeness (QED) is 0.440. The van der Waals surface area contributed by atoms with Crippen molar-refractivity contribution in [3.63, 3.8) is 0 Å². The third-order valence-electron chi connectivity index (χ3n) is 3.81. The minimum Gasteiger partial charge on any atom is -0.357 e. The molecule has 0 rings (SSSR count). The van der Waals surface area contributed by atoms with E-state index in [9.17, 15) is 23.8 Å². The van der Waals surface area contributed by atoms with E-state index < -0.39 is 39.4 Å². The highest BCUT2D eigenvalue weighted by Crippen LogP contribution is 2.18. The number of amides is 4. The van der Waals surface area contributed by atoms with E-state index in [1.54, 1.807) is 13.8 Å². The van der Waals surface area contributed by atoms with Gasteiger partial charge in [0.1, 0.15) is 6.04 Å². The molecular formula is C15H29N3O5S. The topological polar surface area (TPSA) is 116 Å². The normalized spacial score (nSPS) is 14.0. The van der Waals surface area contributed by atoms with Crippen molar-refractivity contribution in [2.24, 2.45) is 5.92 Å². The van der Waals surface area contributed by atoms with Crippen LogP contribution in [0.15, 0.2) is 0 Å². The van der Waals surface area contributed by atoms with Crippen molar-refractivity contribution in [3.05, 3.63) is 0 Å². The maximum absolute atomic E-state index is 12.0. The number of rotatable bonds is 8. The molecule has 0 heterocycles. The van der Waals surface area contributed by atoms with Crippen LogP contribution in [0.2, 0.25) is 0 Å². The van der Waals surface area contributed by atoms with E-state index in [1.165, 1.54) is 13.3 Å². The van der Waals surface area contributed by atoms with Crippen LogP contribution in [0, 0.1) is 5.92 Å². The Morgan fingerprint density at radius 2 is 1.79 bits per heavy atom. The standard InChI is InChI=1S/C15H29N3O5S/c1-10(2)8-7-9-11(19)18(22)14(21)17-12(13(20)16-5)15(3,4)24(6)23/h10,12,22H,7-9H2,1-6H3,(H,16,20)(H,17,21). The van der Waals surface area contributed by atoms with E-state index in [1.807, 2.05) is 13.8 Å². The number of hydroxylamine groups is 2. The molecule has 0 aromatic carbocycles. The monoisotopic (exact) mass is 363 g/mol. The second kappa shape index (κ2) is 9.73. The summed E-state index contributed by atoms with van der Waals surface area (Å²) in [6, 6.07) is -2.28. The molecule has 0 radical (unpaired) electrons. The molecule has 0 aliphatic rings. The molecule has 140 valence electrons. The largest absolute Gasteiger partial charge is 0.357 e. The van der Waals surface area contributed by atoms with Crippen molar-refractivity contribution >= 4 is 28.6 Å². The van der Waals surface area contributed by atoms with Gasteiger partial charge in [-0.2, -0.15) is 0 Å². The van der Waals surface area contributed by atoms with Crippen molar-refractivity contribution in [3.8, 4) is 0 Å². The summed E-state index contributed by atoms with van der Waals surface area (Å²) in [4.78, 5) is 35.9. The van der Waals surface area contributed by atoms with Crippen molar-refractivity contribution < 1.29 is 23.8 Å². The Labute approximate surface area is 145 Å². The van der Waals surface area contributed by atoms with Gasteiger partial charge in [-0.3, -0.25) is 19.0 Å². The molecule has 0 aromatic rings. The van der Waals surface area contributed by atoms with Crippen molar-refractivity contribution in [2.75, 3.05) is 13.3 Å². The zero-order chi connectivity index (χ0) is 19.1. The Kier molecular flexibility index (Phi) is 9.13. The Bertz CT molecular complexity index is 494. The molecule has 9 heteroatoms. The second-order valence-corrected chi connectivity index (χ2v) is 8.51. The first-order valence-corrected chi connectivity index (χ1v) is 9.38. The van der Waals surface area contributed by atoms with Gasteiger partial charge in [-0.05, 0) is 26.2 Å². The van der Waals surface area contributed by atoms with E-state index >= 15 is 0 Å². The lowest BCUT2D eigenvalue weighted by molar-refractivity contribution is -0.153. The van der Waals surface area contributed by atoms with Gasteiger partial charge in [-0.1, -0.05) is 20.3 Å². The van der Waals surface area contributed by atoms with Crippen LogP contribution in [0.4, 0.5) is 4.79 Å². The molecule has 24 heavy (non-hydrogen) atoms. The van der Waals surface area contributed by atoms with Gasteiger partial charge in [0.15, 0.2) is 0 Å². The fourth-order valence-electron chi connectivity index (χ4n) is 1.93. The maximum atomic E-state index is 12.0. The summed E-state index contributed by atoms with van der Waals surface area (Å²) in [5.41, 5.74) is 0. The van der Waals surface area contributed by atoms with Crippen molar-refractivity contribution in [2.45, 2.75) is 57.7 Å². The van der Waals surface area contributed by atoms with Crippen LogP contribution in [0.1, 0.15) is 47.0 Å². The first-order chi connectivity index (χ1) is 10.9. The van der Waals surface area contributed by atoms with E-state index in [0.717, 1.165) is 6.42 Å². The molecule has 0 aliphatic heterocycles. The number of nitrogens with one attached hydrogen (secondary N) is 2. The van der Waals surface area contributed by atoms with Crippen LogP contribution in [0.3, 0.4) is 0 Å². The highest BCUT2D eigenvalue weighted by molar-refractivity contribution is 7.85. The molecular weight excluding hydrogens is 334 g/mol. The van der Waals surface area contributed by atoms with Crippen LogP contribution in [-0.2, 0) is 20.4 Å². The molecule has 2 unspecified atom stereocenters. The molecule has 0 aromatic heterocycles. The van der Waals surface area contributed by atoms with Crippen LogP contribution in [-0.4, -0.2) is 56.4 Å². The maximum Gasteiger partial charge on any atom is 0.349 e. The Morgan fingerprint density at radius 3 is 2.21 bits per heavy atom. The predicted molar refractivity (Wildman–Crippen MR) is 91.9 cm³/mol. The van der Waals surface area contributed by atoms with Gasteiger partial charge in [-0.15, -0.1) is 5.06 Å². The SMILES string of the molecule is CNC(=O)C(NC(=O)N(O)C(=O)CCCC(C)C)C(C)(C)S(C)=O. The summed E-state index contributed by atoms with van der Waals surface area (Å²) >= 11 is 0. The number of urea groups is 1. The van der Waals surface area contributed by atoms with Gasteiger partial charge in [0.25, 0.3) is 5.91 Å². The number of hydrogen-bond acceptors (Lipinski definition) is 5. The summed E-state index contributed by atoms with van der Waals surface area (Å²) in [7, 11) is -0.0604. The van der Waals surface area contributed by atoms with E-state index in [2.05, 4.69) is 10.6 Å². The predicted octanol–water partition coefficient (Wildman–Crippen LogP) is 1.01. The minimum atomic E-state index is -1.44. The Morgan fingerprint density at radius 1 is 1.25 bits per heavy atom. The summed E-state index contributed by atoms with van der Waals surface area (Å²) in [5, 5.41) is 14.4. The molecule has 2 atom stereocenters. The number of hydrogen-bond donors (Lipinski definition) is 3. The number of nitrogens with zero attached hydrogens (tertiary/aromatic N) is 1. The van der Waals surface area contributed by atoms with E-state index in [0.29, 0.717) is 12.3 Å². The molecule has 0 aliphatic carbocycles. The number of carbonyl (C=O) groups excluding carboxylic acids is 3. The molecule has 0 saturated carbocycles. The highest BCUT2D eigenvalue weighted by Gasteiger charge is 2.40. The fourth-order valence-corrected chi connectivity index (χ4v) is 2.43. The summed E-state index contributed by atoms with van der Waals surface area (Å²) in [6.07, 6.45) is 2.78. The van der Waals surface area contributed by atoms with E-state index in [4.69, 9.17) is 0 Å². The first-order valence-electron chi connectivity index (χ1n) is 7.82. The van der Waals surface area contributed by atoms with Crippen molar-refractivity contribution in [1.82, 2.24) is 15.7 Å². The van der Waals surface area contributed by atoms with Crippen LogP contribution in [0.25, 0.3) is 0 Å². The minimum absolute atomic E-state index is 0.0229. The molecule has 3 N–H and O–H groups in total. The smallest absolute Gasteiger partial charge is 0.349 e. The summed E-state index contributed by atoms with van der Waals surface area (Å²) in [5.74, 6) is -0.903. The molecule has 4 amide bonds. The first kappa shape index (κ1) is 22.5. The summed E-state index contributed by atoms with van der Waals surface area (Å²) < 4.78 is 10.8. The number of likely N-dealkylation sites (N-methyl/N-ethyl adjacent to an activating group) is 1. The Hall–Kier alpha value is -1.48. The molecule has 8 nitrogen and oxygen atoms in total. The van der Waals surface area contributed by atoms with Gasteiger partial charge in [0, 0.05) is 30.5 Å².